The van der Waals surface area contributed by atoms with Gasteiger partial charge in [0, 0.05) is 24.6 Å². The highest BCUT2D eigenvalue weighted by Gasteiger charge is 2.71. The predicted molar refractivity (Wildman–Crippen MR) is 127 cm³/mol. The third-order valence-corrected chi connectivity index (χ3v) is 5.83. The van der Waals surface area contributed by atoms with Crippen LogP contribution in [0.1, 0.15) is 23.9 Å². The van der Waals surface area contributed by atoms with Crippen LogP contribution in [0.4, 0.5) is 32.0 Å². The number of amides is 1. The summed E-state index contributed by atoms with van der Waals surface area (Å²) < 4.78 is 81.0. The van der Waals surface area contributed by atoms with Crippen LogP contribution in [0.5, 0.6) is 0 Å². The lowest BCUT2D eigenvalue weighted by Gasteiger charge is -2.32. The van der Waals surface area contributed by atoms with Gasteiger partial charge in [0.25, 0.3) is 11.2 Å². The zero-order chi connectivity index (χ0) is 27.9. The molecule has 0 spiro atoms. The number of halogens is 6. The van der Waals surface area contributed by atoms with Crippen molar-refractivity contribution in [3.8, 4) is 5.69 Å². The van der Waals surface area contributed by atoms with Gasteiger partial charge in [0.15, 0.2) is 0 Å². The number of nitrogens with one attached hydrogen (secondary N) is 1. The van der Waals surface area contributed by atoms with Crippen molar-refractivity contribution in [2.24, 2.45) is 0 Å². The van der Waals surface area contributed by atoms with E-state index in [-0.39, 0.29) is 28.8 Å². The molecule has 0 saturated carbocycles. The van der Waals surface area contributed by atoms with Gasteiger partial charge in [0.2, 0.25) is 5.91 Å². The Morgan fingerprint density at radius 3 is 2.08 bits per heavy atom. The van der Waals surface area contributed by atoms with Gasteiger partial charge in [-0.25, -0.2) is 4.98 Å². The highest BCUT2D eigenvalue weighted by molar-refractivity contribution is 5.92. The van der Waals surface area contributed by atoms with E-state index < -0.39 is 35.0 Å². The Bertz CT molecular complexity index is 1530. The first-order valence-corrected chi connectivity index (χ1v) is 11.1. The highest BCUT2D eigenvalue weighted by atomic mass is 19.4. The summed E-state index contributed by atoms with van der Waals surface area (Å²) in [7, 11) is 0. The second kappa shape index (κ2) is 9.60. The number of carbonyl (C=O) groups is 1. The first-order valence-electron chi connectivity index (χ1n) is 11.1. The van der Waals surface area contributed by atoms with Gasteiger partial charge in [-0.3, -0.25) is 14.2 Å². The van der Waals surface area contributed by atoms with E-state index in [0.29, 0.717) is 17.8 Å². The number of anilines is 1. The number of carbonyl (C=O) groups excluding carboxylic acids is 1. The molecule has 0 unspecified atom stereocenters. The van der Waals surface area contributed by atoms with Crippen molar-refractivity contribution < 1.29 is 36.2 Å². The average Bonchev–Trinajstić information content (AvgIpc) is 2.83. The van der Waals surface area contributed by atoms with E-state index in [2.05, 4.69) is 10.3 Å². The summed E-state index contributed by atoms with van der Waals surface area (Å²) in [6, 6.07) is 15.9. The summed E-state index contributed by atoms with van der Waals surface area (Å²) in [4.78, 5) is 29.5. The fraction of sp³-hybridized carbons (Fsp3) is 0.192. The minimum atomic E-state index is -6.05. The van der Waals surface area contributed by atoms with Gasteiger partial charge in [-0.05, 0) is 35.9 Å². The van der Waals surface area contributed by atoms with Crippen LogP contribution in [0.2, 0.25) is 0 Å². The maximum absolute atomic E-state index is 13.6. The molecule has 1 aromatic heterocycles. The van der Waals surface area contributed by atoms with Crippen molar-refractivity contribution in [1.29, 1.82) is 0 Å². The van der Waals surface area contributed by atoms with Crippen molar-refractivity contribution in [2.45, 2.75) is 31.3 Å². The quantitative estimate of drug-likeness (QED) is 0.342. The van der Waals surface area contributed by atoms with Crippen LogP contribution in [0.15, 0.2) is 77.6 Å². The number of hydrogen-bond acceptors (Lipinski definition) is 4. The molecule has 0 aliphatic carbocycles. The molecule has 4 aromatic rings. The van der Waals surface area contributed by atoms with Crippen LogP contribution >= 0.6 is 0 Å². The predicted octanol–water partition coefficient (Wildman–Crippen LogP) is 5.25. The molecule has 0 aliphatic rings. The molecule has 0 aliphatic heterocycles. The Kier molecular flexibility index (Phi) is 6.79. The molecular formula is C26H19F6N3O3. The number of nitrogens with zero attached hydrogens (tertiary/aromatic N) is 2. The second-order valence-corrected chi connectivity index (χ2v) is 8.50. The number of aromatic nitrogens is 2. The number of hydrogen-bond donors (Lipinski definition) is 2. The molecule has 0 atom stereocenters. The Labute approximate surface area is 211 Å². The Balaban J connectivity index is 1.92. The fourth-order valence-electron chi connectivity index (χ4n) is 4.02. The SMILES string of the molecule is CC(=O)Nc1ccc2nc(Cc3ccccc3)n(-c3ccc(C(O)(C(F)(F)F)C(F)(F)F)cc3)c(=O)c2c1. The summed E-state index contributed by atoms with van der Waals surface area (Å²) in [5.41, 5.74) is -6.00. The Morgan fingerprint density at radius 1 is 0.921 bits per heavy atom. The molecule has 1 heterocycles. The van der Waals surface area contributed by atoms with Crippen molar-refractivity contribution in [3.05, 3.63) is 100 Å². The van der Waals surface area contributed by atoms with Crippen LogP contribution in [0.25, 0.3) is 16.6 Å². The molecule has 198 valence electrons. The van der Waals surface area contributed by atoms with Gasteiger partial charge in [-0.1, -0.05) is 42.5 Å². The molecule has 2 N–H and O–H groups in total. The average molecular weight is 535 g/mol. The van der Waals surface area contributed by atoms with Gasteiger partial charge in [-0.2, -0.15) is 26.3 Å². The topological polar surface area (TPSA) is 84.2 Å². The van der Waals surface area contributed by atoms with Crippen molar-refractivity contribution in [3.63, 3.8) is 0 Å². The van der Waals surface area contributed by atoms with Gasteiger partial charge >= 0.3 is 12.4 Å². The zero-order valence-electron chi connectivity index (χ0n) is 19.6. The van der Waals surface area contributed by atoms with Crippen molar-refractivity contribution in [2.75, 3.05) is 5.32 Å². The fourth-order valence-corrected chi connectivity index (χ4v) is 4.02. The van der Waals surface area contributed by atoms with Gasteiger partial charge in [0.05, 0.1) is 16.6 Å². The number of fused-ring (bicyclic) bond motifs is 1. The number of alkyl halides is 6. The lowest BCUT2D eigenvalue weighted by molar-refractivity contribution is -0.376. The van der Waals surface area contributed by atoms with Crippen LogP contribution in [-0.2, 0) is 16.8 Å². The molecule has 3 aromatic carbocycles. The van der Waals surface area contributed by atoms with Crippen LogP contribution in [0, 0.1) is 0 Å². The summed E-state index contributed by atoms with van der Waals surface area (Å²) in [6.07, 6.45) is -12.0. The largest absolute Gasteiger partial charge is 0.430 e. The third-order valence-electron chi connectivity index (χ3n) is 5.83. The first kappa shape index (κ1) is 26.9. The Morgan fingerprint density at radius 2 is 1.53 bits per heavy atom. The molecule has 6 nitrogen and oxygen atoms in total. The summed E-state index contributed by atoms with van der Waals surface area (Å²) in [6.45, 7) is 1.27. The van der Waals surface area contributed by atoms with Crippen LogP contribution in [0.3, 0.4) is 0 Å². The van der Waals surface area contributed by atoms with E-state index in [9.17, 15) is 41.0 Å². The number of benzene rings is 3. The highest BCUT2D eigenvalue weighted by Crippen LogP contribution is 2.50. The van der Waals surface area contributed by atoms with Crippen molar-refractivity contribution in [1.82, 2.24) is 9.55 Å². The third kappa shape index (κ3) is 4.86. The van der Waals surface area contributed by atoms with E-state index in [1.54, 1.807) is 30.3 Å². The van der Waals surface area contributed by atoms with Gasteiger partial charge in [-0.15, -0.1) is 0 Å². The molecule has 0 fully saturated rings. The molecule has 0 radical (unpaired) electrons. The standard InChI is InChI=1S/C26H19F6N3O3/c1-15(36)33-18-9-12-21-20(14-18)23(37)35(22(34-21)13-16-5-3-2-4-6-16)19-10-7-17(8-11-19)24(38,25(27,28)29)26(30,31)32/h2-12,14,38H,13H2,1H3,(H,33,36). The molecule has 0 saturated heterocycles. The smallest absolute Gasteiger partial charge is 0.369 e. The van der Waals surface area contributed by atoms with Gasteiger partial charge < -0.3 is 10.4 Å². The zero-order valence-corrected chi connectivity index (χ0v) is 19.6. The Hall–Kier alpha value is -4.19. The van der Waals surface area contributed by atoms with E-state index >= 15 is 0 Å². The van der Waals surface area contributed by atoms with E-state index in [0.717, 1.165) is 22.3 Å². The van der Waals surface area contributed by atoms with Gasteiger partial charge in [0.1, 0.15) is 5.82 Å². The molecular weight excluding hydrogens is 516 g/mol. The van der Waals surface area contributed by atoms with Crippen LogP contribution < -0.4 is 10.9 Å². The lowest BCUT2D eigenvalue weighted by Crippen LogP contribution is -2.53. The van der Waals surface area contributed by atoms with E-state index in [1.807, 2.05) is 0 Å². The lowest BCUT2D eigenvalue weighted by atomic mass is 9.92. The summed E-state index contributed by atoms with van der Waals surface area (Å²) >= 11 is 0. The molecule has 0 bridgehead atoms. The normalized spacial score (nSPS) is 12.5. The van der Waals surface area contributed by atoms with Crippen molar-refractivity contribution >= 4 is 22.5 Å². The van der Waals surface area contributed by atoms with Crippen LogP contribution in [-0.4, -0.2) is 32.9 Å². The molecule has 1 amide bonds. The first-order chi connectivity index (χ1) is 17.7. The summed E-state index contributed by atoms with van der Waals surface area (Å²) in [5.74, 6) is -0.230. The summed E-state index contributed by atoms with van der Waals surface area (Å²) in [5, 5.41) is 12.3. The number of aliphatic hydroxyl groups is 1. The maximum atomic E-state index is 13.6. The maximum Gasteiger partial charge on any atom is 0.430 e. The number of rotatable bonds is 5. The second-order valence-electron chi connectivity index (χ2n) is 8.50. The molecule has 38 heavy (non-hydrogen) atoms. The van der Waals surface area contributed by atoms with E-state index in [1.165, 1.54) is 25.1 Å². The monoisotopic (exact) mass is 535 g/mol. The minimum absolute atomic E-state index is 0.0548. The minimum Gasteiger partial charge on any atom is -0.369 e. The van der Waals surface area contributed by atoms with E-state index in [4.69, 9.17) is 0 Å². The molecule has 4 rings (SSSR count). The molecule has 12 heteroatoms.